The number of ketones is 1. The molecule has 0 aromatic heterocycles. The van der Waals surface area contributed by atoms with Crippen molar-refractivity contribution in [1.29, 1.82) is 0 Å². The first-order valence-electron chi connectivity index (χ1n) is 4.81. The van der Waals surface area contributed by atoms with Crippen molar-refractivity contribution in [1.82, 2.24) is 0 Å². The highest BCUT2D eigenvalue weighted by Gasteiger charge is 2.15. The maximum atomic E-state index is 11.8. The molecule has 0 aliphatic rings. The second kappa shape index (κ2) is 5.50. The lowest BCUT2D eigenvalue weighted by Crippen LogP contribution is -2.30. The molecule has 1 aromatic carbocycles. The van der Waals surface area contributed by atoms with Crippen LogP contribution in [-0.4, -0.2) is 11.8 Å². The SMILES string of the molecule is CCCC(N)C(=O)c1ccc(Cl)c(Cl)c1. The van der Waals surface area contributed by atoms with Gasteiger partial charge in [0.05, 0.1) is 16.1 Å². The summed E-state index contributed by atoms with van der Waals surface area (Å²) < 4.78 is 0. The van der Waals surface area contributed by atoms with Crippen molar-refractivity contribution in [3.63, 3.8) is 0 Å². The topological polar surface area (TPSA) is 43.1 Å². The van der Waals surface area contributed by atoms with Gasteiger partial charge >= 0.3 is 0 Å². The summed E-state index contributed by atoms with van der Waals surface area (Å²) in [6, 6.07) is 4.36. The predicted molar refractivity (Wildman–Crippen MR) is 63.7 cm³/mol. The summed E-state index contributed by atoms with van der Waals surface area (Å²) in [6.45, 7) is 1.99. The zero-order chi connectivity index (χ0) is 11.4. The molecule has 2 N–H and O–H groups in total. The molecule has 1 unspecified atom stereocenters. The van der Waals surface area contributed by atoms with E-state index in [1.807, 2.05) is 6.92 Å². The van der Waals surface area contributed by atoms with Crippen molar-refractivity contribution in [2.45, 2.75) is 25.8 Å². The Labute approximate surface area is 99.4 Å². The number of hydrogen-bond acceptors (Lipinski definition) is 2. The summed E-state index contributed by atoms with van der Waals surface area (Å²) in [5, 5.41) is 0.823. The molecule has 15 heavy (non-hydrogen) atoms. The molecule has 0 saturated heterocycles. The largest absolute Gasteiger partial charge is 0.321 e. The van der Waals surface area contributed by atoms with E-state index in [0.717, 1.165) is 6.42 Å². The van der Waals surface area contributed by atoms with Crippen molar-refractivity contribution in [2.75, 3.05) is 0 Å². The van der Waals surface area contributed by atoms with Gasteiger partial charge in [0.2, 0.25) is 0 Å². The molecule has 2 nitrogen and oxygen atoms in total. The summed E-state index contributed by atoms with van der Waals surface area (Å²) in [4.78, 5) is 11.8. The molecule has 1 rings (SSSR count). The molecular formula is C11H13Cl2NO. The molecule has 0 bridgehead atoms. The van der Waals surface area contributed by atoms with Crippen LogP contribution >= 0.6 is 23.2 Å². The highest BCUT2D eigenvalue weighted by molar-refractivity contribution is 6.42. The highest BCUT2D eigenvalue weighted by Crippen LogP contribution is 2.23. The molecule has 1 aromatic rings. The Kier molecular flexibility index (Phi) is 4.58. The molecule has 4 heteroatoms. The van der Waals surface area contributed by atoms with Crippen LogP contribution in [0.2, 0.25) is 10.0 Å². The fourth-order valence-corrected chi connectivity index (χ4v) is 1.60. The molecule has 0 aliphatic carbocycles. The lowest BCUT2D eigenvalue weighted by molar-refractivity contribution is 0.0957. The van der Waals surface area contributed by atoms with Crippen molar-refractivity contribution in [3.05, 3.63) is 33.8 Å². The van der Waals surface area contributed by atoms with Gasteiger partial charge in [-0.15, -0.1) is 0 Å². The van der Waals surface area contributed by atoms with E-state index in [4.69, 9.17) is 28.9 Å². The van der Waals surface area contributed by atoms with E-state index < -0.39 is 6.04 Å². The van der Waals surface area contributed by atoms with Crippen LogP contribution < -0.4 is 5.73 Å². The molecular weight excluding hydrogens is 233 g/mol. The molecule has 0 fully saturated rings. The van der Waals surface area contributed by atoms with E-state index in [0.29, 0.717) is 22.0 Å². The first kappa shape index (κ1) is 12.5. The van der Waals surface area contributed by atoms with Crippen LogP contribution in [-0.2, 0) is 0 Å². The third kappa shape index (κ3) is 3.20. The molecule has 0 amide bonds. The van der Waals surface area contributed by atoms with Crippen LogP contribution in [0.15, 0.2) is 18.2 Å². The summed E-state index contributed by atoms with van der Waals surface area (Å²) >= 11 is 11.6. The maximum absolute atomic E-state index is 11.8. The standard InChI is InChI=1S/C11H13Cl2NO/c1-2-3-10(14)11(15)7-4-5-8(12)9(13)6-7/h4-6,10H,2-3,14H2,1H3. The molecule has 0 radical (unpaired) electrons. The maximum Gasteiger partial charge on any atom is 0.179 e. The van der Waals surface area contributed by atoms with Crippen LogP contribution in [0.1, 0.15) is 30.1 Å². The van der Waals surface area contributed by atoms with E-state index in [-0.39, 0.29) is 5.78 Å². The average molecular weight is 246 g/mol. The fourth-order valence-electron chi connectivity index (χ4n) is 1.31. The van der Waals surface area contributed by atoms with Gasteiger partial charge in [-0.3, -0.25) is 4.79 Å². The molecule has 0 saturated carbocycles. The van der Waals surface area contributed by atoms with E-state index in [1.54, 1.807) is 18.2 Å². The Morgan fingerprint density at radius 1 is 1.40 bits per heavy atom. The average Bonchev–Trinajstić information content (AvgIpc) is 2.21. The van der Waals surface area contributed by atoms with Gasteiger partial charge in [-0.25, -0.2) is 0 Å². The second-order valence-electron chi connectivity index (χ2n) is 3.39. The minimum Gasteiger partial charge on any atom is -0.321 e. The second-order valence-corrected chi connectivity index (χ2v) is 4.20. The number of Topliss-reactive ketones (excluding diaryl/α,β-unsaturated/α-hetero) is 1. The number of benzene rings is 1. The Bertz CT molecular complexity index is 366. The van der Waals surface area contributed by atoms with Crippen LogP contribution in [0.3, 0.4) is 0 Å². The quantitative estimate of drug-likeness (QED) is 0.828. The molecule has 1 atom stereocenters. The van der Waals surface area contributed by atoms with Gasteiger partial charge in [0.15, 0.2) is 5.78 Å². The predicted octanol–water partition coefficient (Wildman–Crippen LogP) is 3.30. The van der Waals surface area contributed by atoms with Crippen LogP contribution in [0, 0.1) is 0 Å². The van der Waals surface area contributed by atoms with Crippen LogP contribution in [0.25, 0.3) is 0 Å². The summed E-state index contributed by atoms with van der Waals surface area (Å²) in [7, 11) is 0. The smallest absolute Gasteiger partial charge is 0.179 e. The van der Waals surface area contributed by atoms with Gasteiger partial charge in [-0.1, -0.05) is 36.5 Å². The number of halogens is 2. The Morgan fingerprint density at radius 2 is 2.07 bits per heavy atom. The normalized spacial score (nSPS) is 12.5. The van der Waals surface area contributed by atoms with E-state index >= 15 is 0 Å². The van der Waals surface area contributed by atoms with E-state index in [1.165, 1.54) is 0 Å². The zero-order valence-corrected chi connectivity index (χ0v) is 9.98. The van der Waals surface area contributed by atoms with E-state index in [9.17, 15) is 4.79 Å². The van der Waals surface area contributed by atoms with Crippen LogP contribution in [0.5, 0.6) is 0 Å². The van der Waals surface area contributed by atoms with Gasteiger partial charge in [0, 0.05) is 5.56 Å². The molecule has 0 heterocycles. The fraction of sp³-hybridized carbons (Fsp3) is 0.364. The lowest BCUT2D eigenvalue weighted by atomic mass is 10.0. The van der Waals surface area contributed by atoms with Gasteiger partial charge in [0.25, 0.3) is 0 Å². The number of carbonyl (C=O) groups is 1. The van der Waals surface area contributed by atoms with E-state index in [2.05, 4.69) is 0 Å². The van der Waals surface area contributed by atoms with Crippen molar-refractivity contribution >= 4 is 29.0 Å². The monoisotopic (exact) mass is 245 g/mol. The third-order valence-electron chi connectivity index (χ3n) is 2.14. The number of nitrogens with two attached hydrogens (primary N) is 1. The summed E-state index contributed by atoms with van der Waals surface area (Å²) in [6.07, 6.45) is 1.56. The minimum absolute atomic E-state index is 0.0876. The van der Waals surface area contributed by atoms with Crippen molar-refractivity contribution in [2.24, 2.45) is 5.73 Å². The van der Waals surface area contributed by atoms with Gasteiger partial charge in [-0.05, 0) is 24.6 Å². The van der Waals surface area contributed by atoms with Crippen LogP contribution in [0.4, 0.5) is 0 Å². The zero-order valence-electron chi connectivity index (χ0n) is 8.47. The molecule has 82 valence electrons. The van der Waals surface area contributed by atoms with Crippen molar-refractivity contribution in [3.8, 4) is 0 Å². The van der Waals surface area contributed by atoms with Gasteiger partial charge in [-0.2, -0.15) is 0 Å². The number of hydrogen-bond donors (Lipinski definition) is 1. The third-order valence-corrected chi connectivity index (χ3v) is 2.88. The lowest BCUT2D eigenvalue weighted by Gasteiger charge is -2.09. The first-order chi connectivity index (χ1) is 7.06. The highest BCUT2D eigenvalue weighted by atomic mass is 35.5. The molecule has 0 aliphatic heterocycles. The van der Waals surface area contributed by atoms with Gasteiger partial charge in [0.1, 0.15) is 0 Å². The minimum atomic E-state index is -0.452. The number of rotatable bonds is 4. The molecule has 0 spiro atoms. The van der Waals surface area contributed by atoms with Crippen molar-refractivity contribution < 1.29 is 4.79 Å². The Balaban J connectivity index is 2.87. The first-order valence-corrected chi connectivity index (χ1v) is 5.56. The summed E-state index contributed by atoms with van der Waals surface area (Å²) in [5.41, 5.74) is 6.24. The summed E-state index contributed by atoms with van der Waals surface area (Å²) in [5.74, 6) is -0.0876. The van der Waals surface area contributed by atoms with Gasteiger partial charge < -0.3 is 5.73 Å². The Morgan fingerprint density at radius 3 is 2.60 bits per heavy atom. The number of carbonyl (C=O) groups excluding carboxylic acids is 1. The Hall–Kier alpha value is -0.570.